The Labute approximate surface area is 87.0 Å². The van der Waals surface area contributed by atoms with Gasteiger partial charge in [0, 0.05) is 7.05 Å². The molecule has 1 aromatic heterocycles. The molecular formula is C8H14N5S+. The van der Waals surface area contributed by atoms with E-state index in [9.17, 15) is 0 Å². The fourth-order valence-electron chi connectivity index (χ4n) is 1.53. The van der Waals surface area contributed by atoms with Crippen molar-refractivity contribution >= 4 is 22.6 Å². The van der Waals surface area contributed by atoms with Gasteiger partial charge in [-0.3, -0.25) is 5.73 Å². The first-order valence-electron chi connectivity index (χ1n) is 4.32. The van der Waals surface area contributed by atoms with Crippen molar-refractivity contribution in [2.24, 2.45) is 17.8 Å². The van der Waals surface area contributed by atoms with Crippen LogP contribution in [0.15, 0.2) is 11.3 Å². The topological polar surface area (TPSA) is 61.3 Å². The van der Waals surface area contributed by atoms with Gasteiger partial charge in [0.2, 0.25) is 17.8 Å². The van der Waals surface area contributed by atoms with Gasteiger partial charge < -0.3 is 4.90 Å². The van der Waals surface area contributed by atoms with E-state index >= 15 is 0 Å². The van der Waals surface area contributed by atoms with Crippen LogP contribution in [0.25, 0.3) is 0 Å². The van der Waals surface area contributed by atoms with Crippen molar-refractivity contribution in [3.63, 3.8) is 0 Å². The van der Waals surface area contributed by atoms with Gasteiger partial charge in [0.05, 0.1) is 7.05 Å². The third kappa shape index (κ3) is 1.22. The highest BCUT2D eigenvalue weighted by Gasteiger charge is 2.31. The molecule has 0 fully saturated rings. The first-order chi connectivity index (χ1) is 6.65. The smallest absolute Gasteiger partial charge is 0.248 e. The van der Waals surface area contributed by atoms with Crippen LogP contribution >= 0.6 is 11.8 Å². The highest BCUT2D eigenvalue weighted by atomic mass is 32.2. The number of nitrogens with one attached hydrogen (secondary N) is 1. The summed E-state index contributed by atoms with van der Waals surface area (Å²) >= 11 is 1.62. The molecule has 0 radical (unpaired) electrons. The van der Waals surface area contributed by atoms with Crippen LogP contribution in [0.3, 0.4) is 0 Å². The summed E-state index contributed by atoms with van der Waals surface area (Å²) in [5, 5.41) is 0.981. The van der Waals surface area contributed by atoms with E-state index < -0.39 is 0 Å². The standard InChI is InChI=1S/C8H13N5S/c1-12-4-10-6-5(12)7(14-3)11-8(9)13(6)2/h4,8H,9H2,1-3H3/p+1. The van der Waals surface area contributed by atoms with E-state index in [-0.39, 0.29) is 6.29 Å². The van der Waals surface area contributed by atoms with Crippen LogP contribution in [0.4, 0.5) is 5.82 Å². The highest BCUT2D eigenvalue weighted by Crippen LogP contribution is 2.24. The molecule has 1 aliphatic heterocycles. The Balaban J connectivity index is 2.57. The first-order valence-corrected chi connectivity index (χ1v) is 5.55. The Morgan fingerprint density at radius 3 is 3.07 bits per heavy atom. The molecule has 6 heteroatoms. The molecule has 0 saturated heterocycles. The van der Waals surface area contributed by atoms with Gasteiger partial charge in [-0.2, -0.15) is 0 Å². The SMILES string of the molecule is CSC1=NC(N)N(C)c2[nH]c[n+](C)c21. The normalized spacial score (nSPS) is 20.7. The molecule has 1 atom stereocenters. The van der Waals surface area contributed by atoms with E-state index in [4.69, 9.17) is 5.73 Å². The molecular weight excluding hydrogens is 198 g/mol. The minimum Gasteiger partial charge on any atom is -0.304 e. The lowest BCUT2D eigenvalue weighted by molar-refractivity contribution is -0.670. The van der Waals surface area contributed by atoms with E-state index in [0.29, 0.717) is 0 Å². The summed E-state index contributed by atoms with van der Waals surface area (Å²) in [6, 6.07) is 0. The number of fused-ring (bicyclic) bond motifs is 1. The van der Waals surface area contributed by atoms with Crippen molar-refractivity contribution in [3.8, 4) is 0 Å². The Kier molecular flexibility index (Phi) is 2.24. The molecule has 0 spiro atoms. The molecule has 1 unspecified atom stereocenters. The van der Waals surface area contributed by atoms with Crippen molar-refractivity contribution in [2.75, 3.05) is 18.2 Å². The number of hydrogen-bond acceptors (Lipinski definition) is 4. The van der Waals surface area contributed by atoms with Gasteiger partial charge in [-0.05, 0) is 6.26 Å². The molecule has 5 nitrogen and oxygen atoms in total. The van der Waals surface area contributed by atoms with E-state index in [1.807, 2.05) is 36.1 Å². The fraction of sp³-hybridized carbons (Fsp3) is 0.500. The molecule has 76 valence electrons. The summed E-state index contributed by atoms with van der Waals surface area (Å²) in [6.45, 7) is 0. The summed E-state index contributed by atoms with van der Waals surface area (Å²) in [5.74, 6) is 1.03. The number of hydrogen-bond donors (Lipinski definition) is 2. The van der Waals surface area contributed by atoms with Crippen molar-refractivity contribution in [1.82, 2.24) is 4.98 Å². The molecule has 2 heterocycles. The Hall–Kier alpha value is -1.01. The van der Waals surface area contributed by atoms with E-state index in [2.05, 4.69) is 9.98 Å². The van der Waals surface area contributed by atoms with Gasteiger partial charge in [-0.1, -0.05) is 0 Å². The zero-order chi connectivity index (χ0) is 10.3. The molecule has 0 aliphatic carbocycles. The summed E-state index contributed by atoms with van der Waals surface area (Å²) < 4.78 is 2.02. The molecule has 1 aliphatic rings. The maximum atomic E-state index is 5.86. The number of nitrogens with two attached hydrogens (primary N) is 1. The maximum Gasteiger partial charge on any atom is 0.248 e. The number of aryl methyl sites for hydroxylation is 1. The van der Waals surface area contributed by atoms with Crippen molar-refractivity contribution in [2.45, 2.75) is 6.29 Å². The average Bonchev–Trinajstić information content (AvgIpc) is 2.55. The second-order valence-corrected chi connectivity index (χ2v) is 4.04. The minimum atomic E-state index is -0.288. The number of imidazole rings is 1. The molecule has 0 saturated carbocycles. The minimum absolute atomic E-state index is 0.288. The van der Waals surface area contributed by atoms with Crippen LogP contribution < -0.4 is 15.2 Å². The van der Waals surface area contributed by atoms with E-state index in [1.54, 1.807) is 11.8 Å². The number of H-pyrrole nitrogens is 1. The first kappa shape index (κ1) is 9.54. The van der Waals surface area contributed by atoms with Gasteiger partial charge in [0.1, 0.15) is 5.04 Å². The fourth-order valence-corrected chi connectivity index (χ4v) is 2.18. The van der Waals surface area contributed by atoms with Crippen LogP contribution in [0.2, 0.25) is 0 Å². The average molecular weight is 212 g/mol. The summed E-state index contributed by atoms with van der Waals surface area (Å²) in [6.07, 6.45) is 3.63. The van der Waals surface area contributed by atoms with Gasteiger partial charge >= 0.3 is 0 Å². The largest absolute Gasteiger partial charge is 0.304 e. The maximum absolute atomic E-state index is 5.86. The number of aromatic nitrogens is 2. The molecule has 2 rings (SSSR count). The number of aliphatic imine (C=N–C) groups is 1. The van der Waals surface area contributed by atoms with Gasteiger partial charge in [-0.15, -0.1) is 11.8 Å². The predicted molar refractivity (Wildman–Crippen MR) is 58.4 cm³/mol. The quantitative estimate of drug-likeness (QED) is 0.577. The molecule has 0 aromatic carbocycles. The number of rotatable bonds is 0. The number of anilines is 1. The highest BCUT2D eigenvalue weighted by molar-refractivity contribution is 8.13. The molecule has 1 aromatic rings. The van der Waals surface area contributed by atoms with Crippen LogP contribution in [-0.4, -0.2) is 29.6 Å². The van der Waals surface area contributed by atoms with Crippen molar-refractivity contribution in [3.05, 3.63) is 12.0 Å². The summed E-state index contributed by atoms with van der Waals surface area (Å²) in [4.78, 5) is 9.51. The lowest BCUT2D eigenvalue weighted by Gasteiger charge is -2.24. The van der Waals surface area contributed by atoms with Crippen LogP contribution in [-0.2, 0) is 7.05 Å². The Morgan fingerprint density at radius 2 is 2.43 bits per heavy atom. The summed E-state index contributed by atoms with van der Waals surface area (Å²) in [5.41, 5.74) is 6.96. The Morgan fingerprint density at radius 1 is 1.71 bits per heavy atom. The molecule has 14 heavy (non-hydrogen) atoms. The molecule has 0 amide bonds. The monoisotopic (exact) mass is 212 g/mol. The van der Waals surface area contributed by atoms with Crippen molar-refractivity contribution in [1.29, 1.82) is 0 Å². The van der Waals surface area contributed by atoms with Crippen LogP contribution in [0.5, 0.6) is 0 Å². The van der Waals surface area contributed by atoms with Crippen LogP contribution in [0.1, 0.15) is 5.69 Å². The van der Waals surface area contributed by atoms with E-state index in [0.717, 1.165) is 16.6 Å². The predicted octanol–water partition coefficient (Wildman–Crippen LogP) is -0.359. The zero-order valence-corrected chi connectivity index (χ0v) is 9.30. The lowest BCUT2D eigenvalue weighted by Crippen LogP contribution is -2.45. The van der Waals surface area contributed by atoms with Gasteiger partial charge in [-0.25, -0.2) is 14.5 Å². The van der Waals surface area contributed by atoms with Gasteiger partial charge in [0.15, 0.2) is 6.29 Å². The lowest BCUT2D eigenvalue weighted by atomic mass is 10.3. The Bertz CT molecular complexity index is 383. The van der Waals surface area contributed by atoms with Gasteiger partial charge in [0.25, 0.3) is 0 Å². The molecule has 3 N–H and O–H groups in total. The summed E-state index contributed by atoms with van der Waals surface area (Å²) in [7, 11) is 3.92. The number of thioether (sulfide) groups is 1. The second kappa shape index (κ2) is 3.29. The number of aromatic amines is 1. The third-order valence-corrected chi connectivity index (χ3v) is 3.05. The zero-order valence-electron chi connectivity index (χ0n) is 8.48. The molecule has 0 bridgehead atoms. The van der Waals surface area contributed by atoms with Crippen molar-refractivity contribution < 1.29 is 4.57 Å². The number of nitrogens with zero attached hydrogens (tertiary/aromatic N) is 3. The second-order valence-electron chi connectivity index (χ2n) is 3.24. The van der Waals surface area contributed by atoms with E-state index in [1.165, 1.54) is 0 Å². The van der Waals surface area contributed by atoms with Crippen LogP contribution in [0, 0.1) is 0 Å². The third-order valence-electron chi connectivity index (χ3n) is 2.37.